The summed E-state index contributed by atoms with van der Waals surface area (Å²) >= 11 is 5.93. The number of carbonyl (C=O) groups is 2. The Labute approximate surface area is 168 Å². The van der Waals surface area contributed by atoms with Gasteiger partial charge in [0.05, 0.1) is 5.56 Å². The topological polar surface area (TPSA) is 82.3 Å². The molecular formula is C21H24ClN3O3. The molecule has 1 fully saturated rings. The van der Waals surface area contributed by atoms with Crippen LogP contribution in [0.3, 0.4) is 0 Å². The van der Waals surface area contributed by atoms with Crippen molar-refractivity contribution in [1.29, 1.82) is 0 Å². The number of pyridine rings is 1. The number of rotatable bonds is 6. The number of aromatic nitrogens is 1. The van der Waals surface area contributed by atoms with E-state index in [-0.39, 0.29) is 30.3 Å². The number of likely N-dealkylation sites (tertiary alicyclic amines) is 1. The van der Waals surface area contributed by atoms with Crippen LogP contribution in [0.4, 0.5) is 0 Å². The standard InChI is InChI=1S/C21H24ClN3O3/c22-18-4-1-15(2-5-18)13-16-8-11-25(12-9-16)20(27)7-10-23-21(28)17-3-6-19(26)24-14-17/h1-6,14,16H,7-13H2,(H,23,28)(H,24,26). The van der Waals surface area contributed by atoms with Crippen LogP contribution in [0, 0.1) is 5.92 Å². The molecule has 1 aliphatic rings. The molecule has 28 heavy (non-hydrogen) atoms. The molecule has 3 rings (SSSR count). The van der Waals surface area contributed by atoms with Gasteiger partial charge in [-0.15, -0.1) is 0 Å². The van der Waals surface area contributed by atoms with Crippen molar-refractivity contribution in [3.8, 4) is 0 Å². The maximum atomic E-state index is 12.4. The first-order valence-electron chi connectivity index (χ1n) is 9.50. The SMILES string of the molecule is O=C(NCCC(=O)N1CCC(Cc2ccc(Cl)cc2)CC1)c1ccc(=O)[nH]c1. The predicted octanol–water partition coefficient (Wildman–Crippen LogP) is 2.63. The summed E-state index contributed by atoms with van der Waals surface area (Å²) in [5.41, 5.74) is 1.39. The number of nitrogens with one attached hydrogen (secondary N) is 2. The molecule has 6 nitrogen and oxygen atoms in total. The van der Waals surface area contributed by atoms with E-state index in [0.717, 1.165) is 37.4 Å². The van der Waals surface area contributed by atoms with Crippen LogP contribution in [-0.4, -0.2) is 41.3 Å². The van der Waals surface area contributed by atoms with Gasteiger partial charge in [-0.2, -0.15) is 0 Å². The van der Waals surface area contributed by atoms with Crippen LogP contribution in [0.25, 0.3) is 0 Å². The Balaban J connectivity index is 1.37. The molecule has 0 saturated carbocycles. The van der Waals surface area contributed by atoms with E-state index < -0.39 is 0 Å². The summed E-state index contributed by atoms with van der Waals surface area (Å²) in [5.74, 6) is 0.336. The molecule has 1 aromatic heterocycles. The lowest BCUT2D eigenvalue weighted by molar-refractivity contribution is -0.132. The highest BCUT2D eigenvalue weighted by Crippen LogP contribution is 2.23. The predicted molar refractivity (Wildman–Crippen MR) is 108 cm³/mol. The monoisotopic (exact) mass is 401 g/mol. The highest BCUT2D eigenvalue weighted by atomic mass is 35.5. The third kappa shape index (κ3) is 5.70. The van der Waals surface area contributed by atoms with Gasteiger partial charge in [0, 0.05) is 43.3 Å². The molecule has 7 heteroatoms. The summed E-state index contributed by atoms with van der Waals surface area (Å²) in [6.07, 6.45) is 4.62. The fourth-order valence-electron chi connectivity index (χ4n) is 3.44. The second-order valence-electron chi connectivity index (χ2n) is 7.10. The molecule has 0 bridgehead atoms. The number of amides is 2. The van der Waals surface area contributed by atoms with E-state index >= 15 is 0 Å². The van der Waals surface area contributed by atoms with Crippen molar-refractivity contribution in [2.45, 2.75) is 25.7 Å². The number of piperidine rings is 1. The van der Waals surface area contributed by atoms with E-state index in [9.17, 15) is 14.4 Å². The van der Waals surface area contributed by atoms with E-state index in [0.29, 0.717) is 11.5 Å². The minimum Gasteiger partial charge on any atom is -0.351 e. The number of hydrogen-bond acceptors (Lipinski definition) is 3. The van der Waals surface area contributed by atoms with Crippen molar-refractivity contribution in [2.24, 2.45) is 5.92 Å². The summed E-state index contributed by atoms with van der Waals surface area (Å²) in [4.78, 5) is 39.7. The quantitative estimate of drug-likeness (QED) is 0.780. The van der Waals surface area contributed by atoms with Crippen LogP contribution < -0.4 is 10.9 Å². The zero-order chi connectivity index (χ0) is 19.9. The number of H-pyrrole nitrogens is 1. The number of nitrogens with zero attached hydrogens (tertiary/aromatic N) is 1. The van der Waals surface area contributed by atoms with Crippen molar-refractivity contribution in [2.75, 3.05) is 19.6 Å². The fourth-order valence-corrected chi connectivity index (χ4v) is 3.56. The van der Waals surface area contributed by atoms with Gasteiger partial charge in [0.2, 0.25) is 11.5 Å². The van der Waals surface area contributed by atoms with Gasteiger partial charge in [-0.1, -0.05) is 23.7 Å². The second kappa shape index (κ2) is 9.55. The van der Waals surface area contributed by atoms with E-state index in [4.69, 9.17) is 11.6 Å². The summed E-state index contributed by atoms with van der Waals surface area (Å²) in [6.45, 7) is 1.79. The Morgan fingerprint density at radius 3 is 2.46 bits per heavy atom. The Kier molecular flexibility index (Phi) is 6.87. The third-order valence-corrected chi connectivity index (χ3v) is 5.33. The summed E-state index contributed by atoms with van der Waals surface area (Å²) in [5, 5.41) is 3.46. The van der Waals surface area contributed by atoms with Gasteiger partial charge in [-0.25, -0.2) is 0 Å². The number of aromatic amines is 1. The molecule has 2 heterocycles. The first-order chi connectivity index (χ1) is 13.5. The number of carbonyl (C=O) groups excluding carboxylic acids is 2. The molecule has 0 aliphatic carbocycles. The molecule has 2 amide bonds. The number of benzene rings is 1. The largest absolute Gasteiger partial charge is 0.351 e. The lowest BCUT2D eigenvalue weighted by atomic mass is 9.90. The second-order valence-corrected chi connectivity index (χ2v) is 7.54. The molecule has 0 radical (unpaired) electrons. The normalized spacial score (nSPS) is 14.7. The van der Waals surface area contributed by atoms with Crippen LogP contribution >= 0.6 is 11.6 Å². The van der Waals surface area contributed by atoms with Crippen LogP contribution in [0.1, 0.15) is 35.2 Å². The van der Waals surface area contributed by atoms with Gasteiger partial charge in [-0.05, 0) is 48.9 Å². The van der Waals surface area contributed by atoms with Gasteiger partial charge < -0.3 is 15.2 Å². The summed E-state index contributed by atoms with van der Waals surface area (Å²) in [6, 6.07) is 10.7. The van der Waals surface area contributed by atoms with E-state index in [2.05, 4.69) is 22.4 Å². The first kappa shape index (κ1) is 20.1. The van der Waals surface area contributed by atoms with Gasteiger partial charge in [0.15, 0.2) is 0 Å². The zero-order valence-corrected chi connectivity index (χ0v) is 16.4. The molecule has 0 atom stereocenters. The molecule has 1 aromatic carbocycles. The maximum Gasteiger partial charge on any atom is 0.252 e. The highest BCUT2D eigenvalue weighted by Gasteiger charge is 2.22. The summed E-state index contributed by atoms with van der Waals surface area (Å²) in [7, 11) is 0. The van der Waals surface area contributed by atoms with Crippen LogP contribution in [-0.2, 0) is 11.2 Å². The van der Waals surface area contributed by atoms with Gasteiger partial charge >= 0.3 is 0 Å². The molecule has 0 unspecified atom stereocenters. The molecule has 0 spiro atoms. The number of hydrogen-bond donors (Lipinski definition) is 2. The van der Waals surface area contributed by atoms with E-state index in [1.165, 1.54) is 23.9 Å². The average molecular weight is 402 g/mol. The molecular weight excluding hydrogens is 378 g/mol. The van der Waals surface area contributed by atoms with Gasteiger partial charge in [-0.3, -0.25) is 14.4 Å². The van der Waals surface area contributed by atoms with Crippen molar-refractivity contribution < 1.29 is 9.59 Å². The lowest BCUT2D eigenvalue weighted by Gasteiger charge is -2.32. The smallest absolute Gasteiger partial charge is 0.252 e. The Hall–Kier alpha value is -2.60. The van der Waals surface area contributed by atoms with E-state index in [1.54, 1.807) is 0 Å². The minimum atomic E-state index is -0.300. The summed E-state index contributed by atoms with van der Waals surface area (Å²) < 4.78 is 0. The maximum absolute atomic E-state index is 12.4. The van der Waals surface area contributed by atoms with Gasteiger partial charge in [0.25, 0.3) is 5.91 Å². The Morgan fingerprint density at radius 2 is 1.82 bits per heavy atom. The fraction of sp³-hybridized carbons (Fsp3) is 0.381. The Bertz CT molecular complexity index is 851. The van der Waals surface area contributed by atoms with Crippen LogP contribution in [0.5, 0.6) is 0 Å². The van der Waals surface area contributed by atoms with Crippen LogP contribution in [0.2, 0.25) is 5.02 Å². The van der Waals surface area contributed by atoms with Crippen molar-refractivity contribution in [3.05, 3.63) is 69.1 Å². The molecule has 2 aromatic rings. The molecule has 1 aliphatic heterocycles. The highest BCUT2D eigenvalue weighted by molar-refractivity contribution is 6.30. The van der Waals surface area contributed by atoms with Crippen molar-refractivity contribution >= 4 is 23.4 Å². The lowest BCUT2D eigenvalue weighted by Crippen LogP contribution is -2.40. The minimum absolute atomic E-state index is 0.0618. The molecule has 148 valence electrons. The Morgan fingerprint density at radius 1 is 1.11 bits per heavy atom. The van der Waals surface area contributed by atoms with Gasteiger partial charge in [0.1, 0.15) is 0 Å². The van der Waals surface area contributed by atoms with Crippen molar-refractivity contribution in [1.82, 2.24) is 15.2 Å². The average Bonchev–Trinajstić information content (AvgIpc) is 2.70. The van der Waals surface area contributed by atoms with Crippen molar-refractivity contribution in [3.63, 3.8) is 0 Å². The third-order valence-electron chi connectivity index (χ3n) is 5.08. The first-order valence-corrected chi connectivity index (χ1v) is 9.88. The zero-order valence-electron chi connectivity index (χ0n) is 15.6. The molecule has 2 N–H and O–H groups in total. The van der Waals surface area contributed by atoms with E-state index in [1.807, 2.05) is 17.0 Å². The number of halogens is 1. The van der Waals surface area contributed by atoms with Crippen LogP contribution in [0.15, 0.2) is 47.4 Å². The molecule has 1 saturated heterocycles.